The lowest BCUT2D eigenvalue weighted by molar-refractivity contribution is 0.0921. The maximum absolute atomic E-state index is 12.2. The van der Waals surface area contributed by atoms with Crippen LogP contribution in [-0.4, -0.2) is 37.3 Å². The summed E-state index contributed by atoms with van der Waals surface area (Å²) < 4.78 is 12.1. The number of nitrogens with one attached hydrogen (secondary N) is 1. The van der Waals surface area contributed by atoms with Crippen molar-refractivity contribution in [2.45, 2.75) is 43.9 Å². The number of carbonyl (C=O) groups excluding carboxylic acids is 1. The average Bonchev–Trinajstić information content (AvgIpc) is 2.47. The van der Waals surface area contributed by atoms with Crippen molar-refractivity contribution in [3.8, 4) is 5.75 Å². The molecule has 0 aromatic carbocycles. The Hall–Kier alpha value is -1.43. The van der Waals surface area contributed by atoms with E-state index in [0.717, 1.165) is 25.7 Å². The van der Waals surface area contributed by atoms with Crippen molar-refractivity contribution < 1.29 is 14.1 Å². The minimum atomic E-state index is -0.919. The van der Waals surface area contributed by atoms with E-state index in [-0.39, 0.29) is 22.7 Å². The Morgan fingerprint density at radius 1 is 1.50 bits per heavy atom. The van der Waals surface area contributed by atoms with E-state index in [2.05, 4.69) is 10.3 Å². The Bertz CT molecular complexity index is 507. The molecule has 0 saturated heterocycles. The summed E-state index contributed by atoms with van der Waals surface area (Å²) in [5, 5.41) is 12.5. The largest absolute Gasteiger partial charge is 0.505 e. The minimum Gasteiger partial charge on any atom is -0.505 e. The van der Waals surface area contributed by atoms with E-state index in [1.54, 1.807) is 6.07 Å². The average molecular weight is 296 g/mol. The first kappa shape index (κ1) is 15.0. The van der Waals surface area contributed by atoms with E-state index in [9.17, 15) is 14.1 Å². The van der Waals surface area contributed by atoms with Crippen LogP contribution in [0.2, 0.25) is 0 Å². The van der Waals surface area contributed by atoms with Crippen LogP contribution in [0, 0.1) is 0 Å². The first-order chi connectivity index (χ1) is 9.63. The number of hydrogen-bond donors (Lipinski definition) is 2. The summed E-state index contributed by atoms with van der Waals surface area (Å²) in [6.45, 7) is 1.90. The van der Waals surface area contributed by atoms with Crippen LogP contribution in [0.3, 0.4) is 0 Å². The number of rotatable bonds is 4. The third kappa shape index (κ3) is 3.36. The fourth-order valence-electron chi connectivity index (χ4n) is 2.60. The fraction of sp³-hybridized carbons (Fsp3) is 0.571. The standard InChI is InChI=1S/C14H20N2O3S/c1-2-20(19)12-8-4-3-6-10(12)16-14(18)13-11(17)7-5-9-15-13/h5,7,9-10,12,17H,2-4,6,8H2,1H3,(H,16,18)/t10-,12+,20+/m1/s1. The molecular weight excluding hydrogens is 276 g/mol. The molecule has 1 amide bonds. The van der Waals surface area contributed by atoms with E-state index in [1.807, 2.05) is 6.92 Å². The Kier molecular flexibility index (Phi) is 5.11. The van der Waals surface area contributed by atoms with Crippen molar-refractivity contribution >= 4 is 16.7 Å². The molecule has 1 saturated carbocycles. The van der Waals surface area contributed by atoms with Crippen molar-refractivity contribution in [2.75, 3.05) is 5.75 Å². The number of pyridine rings is 1. The highest BCUT2D eigenvalue weighted by Crippen LogP contribution is 2.24. The van der Waals surface area contributed by atoms with Crippen molar-refractivity contribution in [1.29, 1.82) is 0 Å². The summed E-state index contributed by atoms with van der Waals surface area (Å²) in [4.78, 5) is 16.1. The predicted molar refractivity (Wildman–Crippen MR) is 78.1 cm³/mol. The van der Waals surface area contributed by atoms with E-state index in [4.69, 9.17) is 0 Å². The van der Waals surface area contributed by atoms with Crippen molar-refractivity contribution in [3.63, 3.8) is 0 Å². The van der Waals surface area contributed by atoms with Gasteiger partial charge in [-0.2, -0.15) is 0 Å². The topological polar surface area (TPSA) is 79.3 Å². The molecule has 1 aromatic rings. The zero-order valence-corrected chi connectivity index (χ0v) is 12.4. The second-order valence-electron chi connectivity index (χ2n) is 4.94. The van der Waals surface area contributed by atoms with Gasteiger partial charge in [-0.05, 0) is 25.0 Å². The molecule has 0 spiro atoms. The maximum atomic E-state index is 12.2. The Morgan fingerprint density at radius 3 is 2.95 bits per heavy atom. The van der Waals surface area contributed by atoms with Crippen LogP contribution in [0.4, 0.5) is 0 Å². The molecule has 20 heavy (non-hydrogen) atoms. The van der Waals surface area contributed by atoms with Crippen LogP contribution >= 0.6 is 0 Å². The van der Waals surface area contributed by atoms with Crippen LogP contribution in [-0.2, 0) is 10.8 Å². The first-order valence-corrected chi connectivity index (χ1v) is 8.33. The van der Waals surface area contributed by atoms with Gasteiger partial charge in [-0.3, -0.25) is 9.00 Å². The molecule has 6 heteroatoms. The zero-order chi connectivity index (χ0) is 14.5. The number of amides is 1. The second kappa shape index (κ2) is 6.83. The lowest BCUT2D eigenvalue weighted by Crippen LogP contribution is -2.47. The van der Waals surface area contributed by atoms with E-state index >= 15 is 0 Å². The molecule has 1 aliphatic rings. The summed E-state index contributed by atoms with van der Waals surface area (Å²) in [5.74, 6) is 0.0772. The summed E-state index contributed by atoms with van der Waals surface area (Å²) in [6.07, 6.45) is 5.25. The van der Waals surface area contributed by atoms with Gasteiger partial charge in [0.05, 0.1) is 5.25 Å². The van der Waals surface area contributed by atoms with Crippen molar-refractivity contribution in [3.05, 3.63) is 24.0 Å². The van der Waals surface area contributed by atoms with Gasteiger partial charge in [0.15, 0.2) is 5.69 Å². The van der Waals surface area contributed by atoms with E-state index in [0.29, 0.717) is 5.75 Å². The molecule has 0 aliphatic heterocycles. The summed E-state index contributed by atoms with van der Waals surface area (Å²) in [5.41, 5.74) is 0.0269. The van der Waals surface area contributed by atoms with Crippen LogP contribution in [0.25, 0.3) is 0 Å². The first-order valence-electron chi connectivity index (χ1n) is 6.95. The van der Waals surface area contributed by atoms with Crippen molar-refractivity contribution in [2.24, 2.45) is 0 Å². The predicted octanol–water partition coefficient (Wildman–Crippen LogP) is 1.60. The van der Waals surface area contributed by atoms with Gasteiger partial charge in [-0.25, -0.2) is 4.98 Å². The van der Waals surface area contributed by atoms with E-state index in [1.165, 1.54) is 12.3 Å². The smallest absolute Gasteiger partial charge is 0.273 e. The van der Waals surface area contributed by atoms with Crippen LogP contribution < -0.4 is 5.32 Å². The van der Waals surface area contributed by atoms with Gasteiger partial charge < -0.3 is 10.4 Å². The summed E-state index contributed by atoms with van der Waals surface area (Å²) in [6, 6.07) is 2.91. The Morgan fingerprint density at radius 2 is 2.25 bits per heavy atom. The maximum Gasteiger partial charge on any atom is 0.273 e. The normalized spacial score (nSPS) is 24.1. The summed E-state index contributed by atoms with van der Waals surface area (Å²) >= 11 is 0. The lowest BCUT2D eigenvalue weighted by Gasteiger charge is -2.31. The number of aromatic nitrogens is 1. The molecule has 0 unspecified atom stereocenters. The van der Waals surface area contributed by atoms with Crippen molar-refractivity contribution in [1.82, 2.24) is 10.3 Å². The van der Waals surface area contributed by atoms with E-state index < -0.39 is 16.7 Å². The molecule has 1 aromatic heterocycles. The molecule has 3 atom stereocenters. The minimum absolute atomic E-state index is 0.00329. The van der Waals surface area contributed by atoms with Gasteiger partial charge in [-0.1, -0.05) is 19.8 Å². The monoisotopic (exact) mass is 296 g/mol. The van der Waals surface area contributed by atoms with Gasteiger partial charge in [0.1, 0.15) is 5.75 Å². The van der Waals surface area contributed by atoms with Gasteiger partial charge in [0.25, 0.3) is 5.91 Å². The Balaban J connectivity index is 2.09. The number of aromatic hydroxyl groups is 1. The van der Waals surface area contributed by atoms with Gasteiger partial charge in [-0.15, -0.1) is 0 Å². The molecule has 2 rings (SSSR count). The zero-order valence-electron chi connectivity index (χ0n) is 11.5. The molecular formula is C14H20N2O3S. The quantitative estimate of drug-likeness (QED) is 0.884. The van der Waals surface area contributed by atoms with Gasteiger partial charge >= 0.3 is 0 Å². The molecule has 0 radical (unpaired) electrons. The highest BCUT2D eigenvalue weighted by molar-refractivity contribution is 7.85. The molecule has 1 fully saturated rings. The molecule has 1 heterocycles. The second-order valence-corrected chi connectivity index (χ2v) is 6.89. The van der Waals surface area contributed by atoms with Gasteiger partial charge in [0.2, 0.25) is 0 Å². The third-order valence-electron chi connectivity index (χ3n) is 3.64. The highest BCUT2D eigenvalue weighted by atomic mass is 32.2. The molecule has 5 nitrogen and oxygen atoms in total. The molecule has 2 N–H and O–H groups in total. The third-order valence-corrected chi connectivity index (χ3v) is 5.45. The number of carbonyl (C=O) groups is 1. The summed E-state index contributed by atoms with van der Waals surface area (Å²) in [7, 11) is -0.919. The SMILES string of the molecule is CC[S@](=O)[C@H]1CCCC[C@H]1NC(=O)c1ncccc1O. The fourth-order valence-corrected chi connectivity index (χ4v) is 4.03. The molecule has 110 valence electrons. The molecule has 0 bridgehead atoms. The Labute approximate surface area is 121 Å². The number of nitrogens with zero attached hydrogens (tertiary/aromatic N) is 1. The van der Waals surface area contributed by atoms with Crippen LogP contribution in [0.15, 0.2) is 18.3 Å². The number of hydrogen-bond acceptors (Lipinski definition) is 4. The van der Waals surface area contributed by atoms with Gasteiger partial charge in [0, 0.05) is 28.8 Å². The molecule has 1 aliphatic carbocycles. The van der Waals surface area contributed by atoms with Crippen LogP contribution in [0.5, 0.6) is 5.75 Å². The lowest BCUT2D eigenvalue weighted by atomic mass is 9.94. The van der Waals surface area contributed by atoms with Crippen LogP contribution in [0.1, 0.15) is 43.1 Å². The highest BCUT2D eigenvalue weighted by Gasteiger charge is 2.31.